The Bertz CT molecular complexity index is 1120. The lowest BCUT2D eigenvalue weighted by atomic mass is 9.98. The first-order valence-electron chi connectivity index (χ1n) is 8.45. The Balaban J connectivity index is 2.48. The van der Waals surface area contributed by atoms with Crippen molar-refractivity contribution in [1.82, 2.24) is 0 Å². The van der Waals surface area contributed by atoms with E-state index in [0.717, 1.165) is 24.3 Å². The van der Waals surface area contributed by atoms with Crippen molar-refractivity contribution < 1.29 is 62.9 Å². The molecule has 34 heavy (non-hydrogen) atoms. The minimum Gasteiger partial charge on any atom is -0.507 e. The van der Waals surface area contributed by atoms with Crippen molar-refractivity contribution in [3.05, 3.63) is 53.6 Å². The normalized spacial score (nSPS) is 14.9. The van der Waals surface area contributed by atoms with Gasteiger partial charge in [0.2, 0.25) is 5.78 Å². The molecule has 2 aromatic carbocycles. The van der Waals surface area contributed by atoms with Crippen LogP contribution in [0.25, 0.3) is 11.1 Å². The first-order valence-corrected chi connectivity index (χ1v) is 8.45. The molecule has 2 aromatic rings. The second-order valence-electron chi connectivity index (χ2n) is 6.53. The summed E-state index contributed by atoms with van der Waals surface area (Å²) in [6.45, 7) is 0. The Hall–Kier alpha value is -3.41. The lowest BCUT2D eigenvalue weighted by Gasteiger charge is -2.34. The minimum absolute atomic E-state index is 0.0411. The third-order valence-electron chi connectivity index (χ3n) is 4.24. The van der Waals surface area contributed by atoms with Gasteiger partial charge in [-0.05, 0) is 23.3 Å². The molecule has 0 saturated carbocycles. The maximum atomic E-state index is 14.4. The largest absolute Gasteiger partial charge is 0.507 e. The smallest absolute Gasteiger partial charge is 0.462 e. The van der Waals surface area contributed by atoms with Crippen molar-refractivity contribution in [2.45, 2.75) is 30.2 Å². The third-order valence-corrected chi connectivity index (χ3v) is 4.24. The summed E-state index contributed by atoms with van der Waals surface area (Å²) >= 11 is 0. The molecule has 0 aliphatic heterocycles. The van der Waals surface area contributed by atoms with Gasteiger partial charge in [0, 0.05) is 5.56 Å². The maximum absolute atomic E-state index is 14.4. The van der Waals surface area contributed by atoms with Crippen LogP contribution in [0.5, 0.6) is 5.75 Å². The Morgan fingerprint density at radius 1 is 0.794 bits per heavy atom. The highest BCUT2D eigenvalue weighted by Gasteiger charge is 2.79. The first kappa shape index (κ1) is 26.8. The molecule has 0 aromatic heterocycles. The molecule has 0 heterocycles. The molecule has 1 N–H and O–H groups in total. The summed E-state index contributed by atoms with van der Waals surface area (Å²) in [4.78, 5) is 12.0. The number of alkyl halides is 11. The van der Waals surface area contributed by atoms with E-state index in [4.69, 9.17) is 5.26 Å². The summed E-state index contributed by atoms with van der Waals surface area (Å²) in [5.74, 6) is -17.0. The van der Waals surface area contributed by atoms with E-state index in [1.807, 2.05) is 0 Å². The number of nitrogens with zero attached hydrogens (tertiary/aromatic N) is 1. The van der Waals surface area contributed by atoms with Crippen LogP contribution in [0.3, 0.4) is 0 Å². The number of ether oxygens (including phenoxy) is 1. The number of ketones is 1. The molecule has 1 unspecified atom stereocenters. The number of phenols is 1. The van der Waals surface area contributed by atoms with E-state index < -0.39 is 47.3 Å². The van der Waals surface area contributed by atoms with Gasteiger partial charge in [0.1, 0.15) is 11.8 Å². The number of nitriles is 1. The first-order chi connectivity index (χ1) is 15.3. The van der Waals surface area contributed by atoms with E-state index in [1.165, 1.54) is 6.07 Å². The maximum Gasteiger partial charge on any atom is 0.462 e. The quantitative estimate of drug-likeness (QED) is 0.376. The highest BCUT2D eigenvalue weighted by molar-refractivity contribution is 6.02. The second kappa shape index (κ2) is 8.42. The number of phenolic OH excluding ortho intramolecular Hbond substituents is 1. The van der Waals surface area contributed by atoms with Crippen LogP contribution < -0.4 is 0 Å². The van der Waals surface area contributed by atoms with Gasteiger partial charge >= 0.3 is 30.2 Å². The van der Waals surface area contributed by atoms with Crippen molar-refractivity contribution in [2.75, 3.05) is 0 Å². The van der Waals surface area contributed by atoms with Crippen LogP contribution in [0.15, 0.2) is 42.5 Å². The summed E-state index contributed by atoms with van der Waals surface area (Å²) in [7, 11) is 0. The van der Waals surface area contributed by atoms with E-state index in [0.29, 0.717) is 12.1 Å². The number of benzene rings is 2. The monoisotopic (exact) mass is 507 g/mol. The molecule has 0 saturated heterocycles. The Morgan fingerprint density at radius 2 is 1.29 bits per heavy atom. The van der Waals surface area contributed by atoms with E-state index in [1.54, 1.807) is 6.07 Å². The topological polar surface area (TPSA) is 70.3 Å². The molecule has 0 radical (unpaired) electrons. The number of hydrogen-bond acceptors (Lipinski definition) is 4. The average molecular weight is 507 g/mol. The van der Waals surface area contributed by atoms with E-state index in [9.17, 15) is 58.2 Å². The van der Waals surface area contributed by atoms with Gasteiger partial charge in [0.05, 0.1) is 5.56 Å². The van der Waals surface area contributed by atoms with Crippen LogP contribution in [0.1, 0.15) is 15.9 Å². The number of aromatic hydroxyl groups is 1. The predicted molar refractivity (Wildman–Crippen MR) is 89.5 cm³/mol. The molecule has 4 nitrogen and oxygen atoms in total. The molecule has 1 atom stereocenters. The number of halogens is 11. The lowest BCUT2D eigenvalue weighted by Crippen LogP contribution is -2.61. The zero-order valence-corrected chi connectivity index (χ0v) is 15.9. The molecule has 15 heteroatoms. The SMILES string of the molecule is N#Cc1cc(-c2ccc(C(=O)C(F)(OC(F)(F)C(F)(F)C(F)(F)F)C(F)(F)F)cc2)ccc1O. The van der Waals surface area contributed by atoms with Crippen molar-refractivity contribution in [3.8, 4) is 22.9 Å². The van der Waals surface area contributed by atoms with Gasteiger partial charge < -0.3 is 5.11 Å². The highest BCUT2D eigenvalue weighted by atomic mass is 19.4. The molecule has 0 aliphatic rings. The summed E-state index contributed by atoms with van der Waals surface area (Å²) in [5.41, 5.74) is -1.43. The van der Waals surface area contributed by atoms with Crippen LogP contribution in [-0.2, 0) is 4.74 Å². The Labute approximate surface area is 181 Å². The Morgan fingerprint density at radius 3 is 1.74 bits per heavy atom. The fraction of sp³-hybridized carbons (Fsp3) is 0.263. The van der Waals surface area contributed by atoms with Crippen molar-refractivity contribution in [2.24, 2.45) is 0 Å². The van der Waals surface area contributed by atoms with Gasteiger partial charge in [-0.3, -0.25) is 9.53 Å². The lowest BCUT2D eigenvalue weighted by molar-refractivity contribution is -0.470. The molecule has 0 bridgehead atoms. The predicted octanol–water partition coefficient (Wildman–Crippen LogP) is 6.15. The molecule has 0 aliphatic carbocycles. The minimum atomic E-state index is -7.29. The van der Waals surface area contributed by atoms with E-state index in [-0.39, 0.29) is 16.7 Å². The number of carbonyl (C=O) groups is 1. The molecule has 0 amide bonds. The summed E-state index contributed by atoms with van der Waals surface area (Å²) < 4.78 is 145. The molecule has 2 rings (SSSR count). The molecular weight excluding hydrogens is 499 g/mol. The fourth-order valence-corrected chi connectivity index (χ4v) is 2.44. The summed E-state index contributed by atoms with van der Waals surface area (Å²) in [6, 6.07) is 7.45. The zero-order valence-electron chi connectivity index (χ0n) is 15.9. The van der Waals surface area contributed by atoms with Crippen molar-refractivity contribution in [3.63, 3.8) is 0 Å². The molecule has 0 fully saturated rings. The highest BCUT2D eigenvalue weighted by Crippen LogP contribution is 2.51. The third kappa shape index (κ3) is 4.63. The van der Waals surface area contributed by atoms with Crippen LogP contribution >= 0.6 is 0 Å². The molecule has 184 valence electrons. The van der Waals surface area contributed by atoms with Gasteiger partial charge in [-0.1, -0.05) is 30.3 Å². The van der Waals surface area contributed by atoms with Gasteiger partial charge in [-0.15, -0.1) is 0 Å². The van der Waals surface area contributed by atoms with Crippen LogP contribution in [0.2, 0.25) is 0 Å². The summed E-state index contributed by atoms with van der Waals surface area (Å²) in [5, 5.41) is 18.3. The summed E-state index contributed by atoms with van der Waals surface area (Å²) in [6.07, 6.45) is -21.1. The number of rotatable bonds is 6. The van der Waals surface area contributed by atoms with Crippen molar-refractivity contribution >= 4 is 5.78 Å². The second-order valence-corrected chi connectivity index (χ2v) is 6.53. The van der Waals surface area contributed by atoms with E-state index in [2.05, 4.69) is 4.74 Å². The van der Waals surface area contributed by atoms with Crippen LogP contribution in [-0.4, -0.2) is 41.1 Å². The van der Waals surface area contributed by atoms with E-state index >= 15 is 0 Å². The van der Waals surface area contributed by atoms with Gasteiger partial charge in [0.15, 0.2) is 0 Å². The van der Waals surface area contributed by atoms with Crippen molar-refractivity contribution in [1.29, 1.82) is 5.26 Å². The zero-order chi connectivity index (χ0) is 26.3. The van der Waals surface area contributed by atoms with Gasteiger partial charge in [-0.2, -0.15) is 53.6 Å². The Kier molecular flexibility index (Phi) is 6.65. The van der Waals surface area contributed by atoms with Crippen LogP contribution in [0, 0.1) is 11.3 Å². The number of Topliss-reactive ketones (excluding diaryl/α,β-unsaturated/α-hetero) is 1. The molecule has 0 spiro atoms. The number of hydrogen-bond donors (Lipinski definition) is 1. The fourth-order valence-electron chi connectivity index (χ4n) is 2.44. The van der Waals surface area contributed by atoms with Crippen LogP contribution in [0.4, 0.5) is 48.3 Å². The van der Waals surface area contributed by atoms with Gasteiger partial charge in [-0.25, -0.2) is 0 Å². The number of carbonyl (C=O) groups excluding carboxylic acids is 1. The standard InChI is InChI=1S/C19H8F11NO3/c20-15(17(23,24)25,34-19(29,30)16(21,22)18(26,27)28)14(33)10-3-1-9(2-4-10)11-5-6-13(32)12(7-11)8-31/h1-7,32H. The average Bonchev–Trinajstić information content (AvgIpc) is 2.71. The van der Waals surface area contributed by atoms with Gasteiger partial charge in [0.25, 0.3) is 0 Å². The molecular formula is C19H8F11NO3.